The molecule has 2 aromatic carbocycles. The zero-order chi connectivity index (χ0) is 20.4. The number of oxazole rings is 1. The van der Waals surface area contributed by atoms with Gasteiger partial charge in [0.25, 0.3) is 0 Å². The molecule has 2 aromatic heterocycles. The molecule has 0 unspecified atom stereocenters. The van der Waals surface area contributed by atoms with Gasteiger partial charge in [0.1, 0.15) is 5.82 Å². The molecule has 0 atom stereocenters. The Morgan fingerprint density at radius 1 is 1.14 bits per heavy atom. The number of carbonyl (C=O) groups is 1. The van der Waals surface area contributed by atoms with Gasteiger partial charge in [-0.15, -0.1) is 0 Å². The number of nitrogens with one attached hydrogen (secondary N) is 2. The predicted molar refractivity (Wildman–Crippen MR) is 114 cm³/mol. The van der Waals surface area contributed by atoms with E-state index in [1.807, 2.05) is 48.5 Å². The van der Waals surface area contributed by atoms with Crippen molar-refractivity contribution >= 4 is 22.6 Å². The predicted octanol–water partition coefficient (Wildman–Crippen LogP) is 5.09. The summed E-state index contributed by atoms with van der Waals surface area (Å²) in [6.45, 7) is 6.33. The maximum Gasteiger partial charge on any atom is 0.224 e. The van der Waals surface area contributed by atoms with Crippen LogP contribution in [0.5, 0.6) is 0 Å². The van der Waals surface area contributed by atoms with Crippen molar-refractivity contribution in [3.63, 3.8) is 0 Å². The minimum absolute atomic E-state index is 0.0585. The first kappa shape index (κ1) is 18.9. The highest BCUT2D eigenvalue weighted by Gasteiger charge is 2.18. The average molecular weight is 388 g/mol. The molecule has 0 saturated heterocycles. The molecule has 29 heavy (non-hydrogen) atoms. The summed E-state index contributed by atoms with van der Waals surface area (Å²) >= 11 is 0. The van der Waals surface area contributed by atoms with Gasteiger partial charge in [0, 0.05) is 29.5 Å². The molecule has 0 aliphatic rings. The number of aromatic nitrogens is 3. The van der Waals surface area contributed by atoms with Gasteiger partial charge in [-0.05, 0) is 18.2 Å². The number of hydrogen-bond acceptors (Lipinski definition) is 4. The molecule has 4 rings (SSSR count). The maximum absolute atomic E-state index is 12.4. The van der Waals surface area contributed by atoms with Crippen molar-refractivity contribution in [2.24, 2.45) is 0 Å². The number of H-pyrrole nitrogens is 1. The van der Waals surface area contributed by atoms with E-state index < -0.39 is 0 Å². The number of aryl methyl sites for hydroxylation is 1. The summed E-state index contributed by atoms with van der Waals surface area (Å²) in [5.41, 5.74) is 3.45. The molecule has 2 N–H and O–H groups in total. The maximum atomic E-state index is 12.4. The Morgan fingerprint density at radius 3 is 2.69 bits per heavy atom. The highest BCUT2D eigenvalue weighted by molar-refractivity contribution is 5.93. The van der Waals surface area contributed by atoms with Crippen molar-refractivity contribution in [3.8, 4) is 11.3 Å². The Labute approximate surface area is 169 Å². The van der Waals surface area contributed by atoms with Crippen molar-refractivity contribution in [3.05, 3.63) is 66.4 Å². The Morgan fingerprint density at radius 2 is 1.93 bits per heavy atom. The number of nitrogens with zero attached hydrogens (tertiary/aromatic N) is 2. The van der Waals surface area contributed by atoms with E-state index in [1.165, 1.54) is 0 Å². The summed E-state index contributed by atoms with van der Waals surface area (Å²) in [4.78, 5) is 24.6. The molecular weight excluding hydrogens is 364 g/mol. The van der Waals surface area contributed by atoms with E-state index in [-0.39, 0.29) is 11.3 Å². The number of hydrogen-bond donors (Lipinski definition) is 2. The fourth-order valence-corrected chi connectivity index (χ4v) is 3.05. The van der Waals surface area contributed by atoms with Crippen LogP contribution in [-0.2, 0) is 16.6 Å². The average Bonchev–Trinajstić information content (AvgIpc) is 3.33. The molecule has 4 aromatic rings. The Kier molecular flexibility index (Phi) is 4.92. The normalized spacial score (nSPS) is 11.7. The molecule has 6 nitrogen and oxygen atoms in total. The molecular formula is C23H24N4O2. The molecule has 0 aliphatic heterocycles. The Bertz CT molecular complexity index is 1140. The lowest BCUT2D eigenvalue weighted by atomic mass is 9.96. The highest BCUT2D eigenvalue weighted by Crippen LogP contribution is 2.24. The van der Waals surface area contributed by atoms with Crippen LogP contribution in [0, 0.1) is 0 Å². The lowest BCUT2D eigenvalue weighted by Crippen LogP contribution is -2.13. The molecule has 0 radical (unpaired) electrons. The van der Waals surface area contributed by atoms with Gasteiger partial charge >= 0.3 is 0 Å². The first-order valence-electron chi connectivity index (χ1n) is 9.69. The number of aromatic amines is 1. The van der Waals surface area contributed by atoms with E-state index in [0.717, 1.165) is 28.1 Å². The summed E-state index contributed by atoms with van der Waals surface area (Å²) in [5.74, 6) is 2.10. The monoisotopic (exact) mass is 388 g/mol. The van der Waals surface area contributed by atoms with Gasteiger partial charge in [0.05, 0.1) is 17.2 Å². The summed E-state index contributed by atoms with van der Waals surface area (Å²) < 4.78 is 5.76. The minimum atomic E-state index is -0.0839. The van der Waals surface area contributed by atoms with E-state index in [9.17, 15) is 4.79 Å². The fourth-order valence-electron chi connectivity index (χ4n) is 3.05. The van der Waals surface area contributed by atoms with Crippen molar-refractivity contribution in [2.45, 2.75) is 39.0 Å². The Balaban J connectivity index is 1.38. The van der Waals surface area contributed by atoms with Gasteiger partial charge in [-0.1, -0.05) is 51.1 Å². The van der Waals surface area contributed by atoms with Crippen LogP contribution in [0.1, 0.15) is 38.9 Å². The molecule has 6 heteroatoms. The van der Waals surface area contributed by atoms with Crippen molar-refractivity contribution in [1.82, 2.24) is 15.0 Å². The smallest absolute Gasteiger partial charge is 0.224 e. The largest absolute Gasteiger partial charge is 0.441 e. The van der Waals surface area contributed by atoms with E-state index >= 15 is 0 Å². The first-order chi connectivity index (χ1) is 13.9. The fraction of sp³-hybridized carbons (Fsp3) is 0.261. The summed E-state index contributed by atoms with van der Waals surface area (Å²) in [6, 6.07) is 15.5. The van der Waals surface area contributed by atoms with Gasteiger partial charge < -0.3 is 14.7 Å². The van der Waals surface area contributed by atoms with E-state index in [1.54, 1.807) is 6.20 Å². The number of anilines is 1. The SMILES string of the molecule is CC(C)(C)c1nc2ccc(NC(=O)CCc3ncc(-c4ccccc4)o3)cc2[nH]1. The second kappa shape index (κ2) is 7.54. The number of imidazole rings is 1. The van der Waals surface area contributed by atoms with Crippen molar-refractivity contribution in [2.75, 3.05) is 5.32 Å². The third-order valence-corrected chi connectivity index (χ3v) is 4.65. The van der Waals surface area contributed by atoms with Crippen molar-refractivity contribution in [1.29, 1.82) is 0 Å². The second-order valence-corrected chi connectivity index (χ2v) is 8.10. The second-order valence-electron chi connectivity index (χ2n) is 8.10. The number of benzene rings is 2. The van der Waals surface area contributed by atoms with Crippen LogP contribution >= 0.6 is 0 Å². The topological polar surface area (TPSA) is 83.8 Å². The summed E-state index contributed by atoms with van der Waals surface area (Å²) in [5, 5.41) is 2.93. The molecule has 1 amide bonds. The first-order valence-corrected chi connectivity index (χ1v) is 9.69. The zero-order valence-electron chi connectivity index (χ0n) is 16.8. The molecule has 0 spiro atoms. The van der Waals surface area contributed by atoms with E-state index in [0.29, 0.717) is 24.5 Å². The van der Waals surface area contributed by atoms with Gasteiger partial charge in [-0.3, -0.25) is 4.79 Å². The van der Waals surface area contributed by atoms with Gasteiger partial charge in [0.15, 0.2) is 11.7 Å². The van der Waals surface area contributed by atoms with Crippen LogP contribution < -0.4 is 5.32 Å². The summed E-state index contributed by atoms with van der Waals surface area (Å²) in [7, 11) is 0. The highest BCUT2D eigenvalue weighted by atomic mass is 16.4. The Hall–Kier alpha value is -3.41. The lowest BCUT2D eigenvalue weighted by Gasteiger charge is -2.13. The van der Waals surface area contributed by atoms with E-state index in [2.05, 4.69) is 41.0 Å². The number of carbonyl (C=O) groups excluding carboxylic acids is 1. The van der Waals surface area contributed by atoms with Gasteiger partial charge in [-0.25, -0.2) is 9.97 Å². The molecule has 2 heterocycles. The summed E-state index contributed by atoms with van der Waals surface area (Å²) in [6.07, 6.45) is 2.43. The van der Waals surface area contributed by atoms with E-state index in [4.69, 9.17) is 4.42 Å². The zero-order valence-corrected chi connectivity index (χ0v) is 16.8. The minimum Gasteiger partial charge on any atom is -0.441 e. The number of amides is 1. The molecule has 0 aliphatic carbocycles. The molecule has 0 bridgehead atoms. The lowest BCUT2D eigenvalue weighted by molar-refractivity contribution is -0.116. The van der Waals surface area contributed by atoms with Crippen LogP contribution in [0.15, 0.2) is 59.1 Å². The third-order valence-electron chi connectivity index (χ3n) is 4.65. The van der Waals surface area contributed by atoms with Crippen LogP contribution in [0.3, 0.4) is 0 Å². The third kappa shape index (κ3) is 4.37. The number of rotatable bonds is 5. The number of fused-ring (bicyclic) bond motifs is 1. The van der Waals surface area contributed by atoms with Crippen molar-refractivity contribution < 1.29 is 9.21 Å². The van der Waals surface area contributed by atoms with Crippen LogP contribution in [-0.4, -0.2) is 20.9 Å². The van der Waals surface area contributed by atoms with Gasteiger partial charge in [-0.2, -0.15) is 0 Å². The van der Waals surface area contributed by atoms with Gasteiger partial charge in [0.2, 0.25) is 5.91 Å². The van der Waals surface area contributed by atoms with Crippen LogP contribution in [0.4, 0.5) is 5.69 Å². The van der Waals surface area contributed by atoms with Crippen LogP contribution in [0.2, 0.25) is 0 Å². The molecule has 148 valence electrons. The molecule has 0 fully saturated rings. The standard InChI is InChI=1S/C23H24N4O2/c1-23(2,3)22-26-17-10-9-16(13-18(17)27-22)25-20(28)11-12-21-24-14-19(29-21)15-7-5-4-6-8-15/h4-10,13-14H,11-12H2,1-3H3,(H,25,28)(H,26,27). The van der Waals surface area contributed by atoms with Crippen LogP contribution in [0.25, 0.3) is 22.4 Å². The molecule has 0 saturated carbocycles. The quantitative estimate of drug-likeness (QED) is 0.499.